The summed E-state index contributed by atoms with van der Waals surface area (Å²) < 4.78 is 43.8. The van der Waals surface area contributed by atoms with Crippen LogP contribution in [-0.2, 0) is 15.7 Å². The summed E-state index contributed by atoms with van der Waals surface area (Å²) in [4.78, 5) is 20.1. The van der Waals surface area contributed by atoms with Gasteiger partial charge in [0, 0.05) is 25.8 Å². The normalized spacial score (nSPS) is 22.5. The molecule has 1 aromatic heterocycles. The van der Waals surface area contributed by atoms with Crippen LogP contribution in [0.5, 0.6) is 0 Å². The maximum Gasteiger partial charge on any atom is 0.416 e. The molecule has 1 atom stereocenters. The lowest BCUT2D eigenvalue weighted by atomic mass is 10.1. The number of alkyl halides is 3. The van der Waals surface area contributed by atoms with Gasteiger partial charge in [0.15, 0.2) is 0 Å². The lowest BCUT2D eigenvalue weighted by Gasteiger charge is -2.33. The Morgan fingerprint density at radius 3 is 2.70 bits per heavy atom. The van der Waals surface area contributed by atoms with Gasteiger partial charge in [-0.1, -0.05) is 0 Å². The maximum absolute atomic E-state index is 12.9. The van der Waals surface area contributed by atoms with Crippen LogP contribution in [0.4, 0.5) is 19.0 Å². The average Bonchev–Trinajstić information content (AvgIpc) is 3.04. The zero-order chi connectivity index (χ0) is 16.4. The van der Waals surface area contributed by atoms with Crippen LogP contribution in [0.1, 0.15) is 18.4 Å². The molecule has 0 aromatic carbocycles. The molecule has 0 bridgehead atoms. The lowest BCUT2D eigenvalue weighted by molar-refractivity contribution is -0.137. The highest BCUT2D eigenvalue weighted by Gasteiger charge is 2.36. The molecule has 2 fully saturated rings. The second-order valence-corrected chi connectivity index (χ2v) is 5.69. The van der Waals surface area contributed by atoms with Gasteiger partial charge in [-0.3, -0.25) is 4.79 Å². The van der Waals surface area contributed by atoms with Crippen molar-refractivity contribution in [3.63, 3.8) is 0 Å². The van der Waals surface area contributed by atoms with Gasteiger partial charge >= 0.3 is 6.18 Å². The van der Waals surface area contributed by atoms with Gasteiger partial charge in [0.1, 0.15) is 11.9 Å². The fourth-order valence-corrected chi connectivity index (χ4v) is 3.04. The molecule has 1 unspecified atom stereocenters. The van der Waals surface area contributed by atoms with E-state index in [0.717, 1.165) is 24.8 Å². The van der Waals surface area contributed by atoms with E-state index in [1.165, 1.54) is 0 Å². The number of morpholine rings is 1. The molecule has 5 nitrogen and oxygen atoms in total. The predicted molar refractivity (Wildman–Crippen MR) is 77.0 cm³/mol. The fourth-order valence-electron chi connectivity index (χ4n) is 3.04. The monoisotopic (exact) mass is 329 g/mol. The molecule has 0 saturated carbocycles. The third-order valence-corrected chi connectivity index (χ3v) is 4.23. The summed E-state index contributed by atoms with van der Waals surface area (Å²) in [6.07, 6.45) is -1.87. The second-order valence-electron chi connectivity index (χ2n) is 5.69. The average molecular weight is 329 g/mol. The van der Waals surface area contributed by atoms with E-state index in [9.17, 15) is 18.0 Å². The van der Waals surface area contributed by atoms with Gasteiger partial charge in [-0.2, -0.15) is 13.2 Å². The Morgan fingerprint density at radius 2 is 2.00 bits per heavy atom. The number of hydrogen-bond donors (Lipinski definition) is 0. The van der Waals surface area contributed by atoms with Crippen molar-refractivity contribution in [3.8, 4) is 0 Å². The molecule has 126 valence electrons. The van der Waals surface area contributed by atoms with Crippen LogP contribution in [0, 0.1) is 0 Å². The maximum atomic E-state index is 12.9. The van der Waals surface area contributed by atoms with E-state index in [2.05, 4.69) is 4.98 Å². The minimum atomic E-state index is -4.42. The molecule has 0 radical (unpaired) electrons. The minimum absolute atomic E-state index is 0.0509. The summed E-state index contributed by atoms with van der Waals surface area (Å²) >= 11 is 0. The lowest BCUT2D eigenvalue weighted by Crippen LogP contribution is -2.50. The summed E-state index contributed by atoms with van der Waals surface area (Å²) in [7, 11) is 0. The molecule has 1 aromatic rings. The van der Waals surface area contributed by atoms with Crippen LogP contribution in [0.15, 0.2) is 18.3 Å². The van der Waals surface area contributed by atoms with Gasteiger partial charge in [-0.15, -0.1) is 0 Å². The van der Waals surface area contributed by atoms with E-state index in [-0.39, 0.29) is 11.7 Å². The molecular weight excluding hydrogens is 311 g/mol. The largest absolute Gasteiger partial charge is 0.416 e. The number of halogens is 3. The molecular formula is C15H18F3N3O2. The topological polar surface area (TPSA) is 45.7 Å². The predicted octanol–water partition coefficient (Wildman–Crippen LogP) is 1.93. The quantitative estimate of drug-likeness (QED) is 0.832. The smallest absolute Gasteiger partial charge is 0.378 e. The Kier molecular flexibility index (Phi) is 4.43. The van der Waals surface area contributed by atoms with Crippen LogP contribution in [0.3, 0.4) is 0 Å². The van der Waals surface area contributed by atoms with Gasteiger partial charge in [-0.25, -0.2) is 4.98 Å². The first-order valence-electron chi connectivity index (χ1n) is 7.63. The van der Waals surface area contributed by atoms with Gasteiger partial charge in [0.05, 0.1) is 18.8 Å². The minimum Gasteiger partial charge on any atom is -0.378 e. The molecule has 1 amide bonds. The third-order valence-electron chi connectivity index (χ3n) is 4.23. The summed E-state index contributed by atoms with van der Waals surface area (Å²) in [5, 5.41) is 0. The number of aromatic nitrogens is 1. The van der Waals surface area contributed by atoms with Gasteiger partial charge < -0.3 is 14.5 Å². The number of nitrogens with zero attached hydrogens (tertiary/aromatic N) is 3. The molecule has 0 N–H and O–H groups in total. The van der Waals surface area contributed by atoms with E-state index in [0.29, 0.717) is 39.3 Å². The van der Waals surface area contributed by atoms with Crippen molar-refractivity contribution in [3.05, 3.63) is 23.9 Å². The SMILES string of the molecule is O=C(C1CCCN1c1cc(C(F)(F)F)ccn1)N1CCOCC1. The molecule has 2 saturated heterocycles. The van der Waals surface area contributed by atoms with Crippen molar-refractivity contribution in [1.29, 1.82) is 0 Å². The summed E-state index contributed by atoms with van der Waals surface area (Å²) in [6.45, 7) is 2.59. The Morgan fingerprint density at radius 1 is 1.26 bits per heavy atom. The van der Waals surface area contributed by atoms with Gasteiger partial charge in [-0.05, 0) is 25.0 Å². The zero-order valence-electron chi connectivity index (χ0n) is 12.6. The number of pyridine rings is 1. The highest BCUT2D eigenvalue weighted by Crippen LogP contribution is 2.32. The van der Waals surface area contributed by atoms with Gasteiger partial charge in [0.2, 0.25) is 5.91 Å². The fraction of sp³-hybridized carbons (Fsp3) is 0.600. The zero-order valence-corrected chi connectivity index (χ0v) is 12.6. The van der Waals surface area contributed by atoms with Crippen molar-refractivity contribution in [2.24, 2.45) is 0 Å². The first kappa shape index (κ1) is 16.0. The Hall–Kier alpha value is -1.83. The van der Waals surface area contributed by atoms with Crippen LogP contribution in [0.2, 0.25) is 0 Å². The number of carbonyl (C=O) groups excluding carboxylic acids is 1. The first-order valence-corrected chi connectivity index (χ1v) is 7.63. The number of rotatable bonds is 2. The summed E-state index contributed by atoms with van der Waals surface area (Å²) in [5.41, 5.74) is -0.744. The molecule has 3 rings (SSSR count). The van der Waals surface area contributed by atoms with Crippen molar-refractivity contribution in [2.75, 3.05) is 37.7 Å². The number of ether oxygens (including phenoxy) is 1. The van der Waals surface area contributed by atoms with Crippen LogP contribution < -0.4 is 4.90 Å². The highest BCUT2D eigenvalue weighted by atomic mass is 19.4. The molecule has 2 aliphatic heterocycles. The van der Waals surface area contributed by atoms with Crippen molar-refractivity contribution in [1.82, 2.24) is 9.88 Å². The van der Waals surface area contributed by atoms with Crippen molar-refractivity contribution in [2.45, 2.75) is 25.1 Å². The van der Waals surface area contributed by atoms with Gasteiger partial charge in [0.25, 0.3) is 0 Å². The van der Waals surface area contributed by atoms with Crippen LogP contribution >= 0.6 is 0 Å². The van der Waals surface area contributed by atoms with Crippen molar-refractivity contribution >= 4 is 11.7 Å². The third kappa shape index (κ3) is 3.41. The summed E-state index contributed by atoms with van der Waals surface area (Å²) in [6, 6.07) is 1.52. The Bertz CT molecular complexity index is 573. The Balaban J connectivity index is 1.80. The van der Waals surface area contributed by atoms with Crippen LogP contribution in [-0.4, -0.2) is 54.7 Å². The van der Waals surface area contributed by atoms with E-state index in [1.807, 2.05) is 0 Å². The molecule has 23 heavy (non-hydrogen) atoms. The molecule has 0 spiro atoms. The van der Waals surface area contributed by atoms with Crippen LogP contribution in [0.25, 0.3) is 0 Å². The van der Waals surface area contributed by atoms with Crippen molar-refractivity contribution < 1.29 is 22.7 Å². The molecule has 2 aliphatic rings. The standard InChI is InChI=1S/C15H18F3N3O2/c16-15(17,18)11-3-4-19-13(10-11)21-5-1-2-12(21)14(22)20-6-8-23-9-7-20/h3-4,10,12H,1-2,5-9H2. The first-order chi connectivity index (χ1) is 11.0. The van der Waals surface area contributed by atoms with E-state index in [4.69, 9.17) is 4.74 Å². The molecule has 8 heteroatoms. The number of hydrogen-bond acceptors (Lipinski definition) is 4. The number of anilines is 1. The van der Waals surface area contributed by atoms with E-state index >= 15 is 0 Å². The Labute approximate surface area is 132 Å². The van der Waals surface area contributed by atoms with E-state index < -0.39 is 17.8 Å². The number of carbonyl (C=O) groups is 1. The number of amides is 1. The highest BCUT2D eigenvalue weighted by molar-refractivity contribution is 5.85. The van der Waals surface area contributed by atoms with E-state index in [1.54, 1.807) is 9.80 Å². The molecule has 3 heterocycles. The second kappa shape index (κ2) is 6.35. The summed E-state index contributed by atoms with van der Waals surface area (Å²) in [5.74, 6) is 0.161. The molecule has 0 aliphatic carbocycles.